The van der Waals surface area contributed by atoms with Crippen molar-refractivity contribution in [2.75, 3.05) is 73.1 Å². The van der Waals surface area contributed by atoms with Gasteiger partial charge < -0.3 is 38.8 Å². The molecule has 1 heterocycles. The van der Waals surface area contributed by atoms with E-state index in [2.05, 4.69) is 5.32 Å². The van der Waals surface area contributed by atoms with E-state index in [1.54, 1.807) is 12.1 Å². The van der Waals surface area contributed by atoms with Gasteiger partial charge in [-0.25, -0.2) is 13.2 Å². The zero-order valence-corrected chi connectivity index (χ0v) is 26.6. The van der Waals surface area contributed by atoms with E-state index in [1.807, 2.05) is 44.2 Å². The van der Waals surface area contributed by atoms with Crippen LogP contribution in [0.2, 0.25) is 0 Å². The molecule has 1 saturated heterocycles. The van der Waals surface area contributed by atoms with Gasteiger partial charge in [0, 0.05) is 13.1 Å². The van der Waals surface area contributed by atoms with Gasteiger partial charge in [-0.15, -0.1) is 0 Å². The van der Waals surface area contributed by atoms with Crippen molar-refractivity contribution in [3.05, 3.63) is 60.2 Å². The largest absolute Gasteiger partial charge is 0.497 e. The monoisotopic (exact) mass is 638 g/mol. The molecule has 246 valence electrons. The summed E-state index contributed by atoms with van der Waals surface area (Å²) in [4.78, 5) is 13.2. The number of nitrogens with zero attached hydrogens (tertiary/aromatic N) is 1. The van der Waals surface area contributed by atoms with Gasteiger partial charge in [0.15, 0.2) is 6.10 Å². The number of hydrogen-bond donors (Lipinski definition) is 2. The van der Waals surface area contributed by atoms with Crippen LogP contribution in [0.3, 0.4) is 0 Å². The average molecular weight is 639 g/mol. The standard InChI is InChI=1S/C31H46N2O10S/c1-24(2)20-33(44(36,37)28-11-9-26(38-3)10-12-28)21-30(34)29(19-25-7-5-4-6-8-25)32-31(35)43-27-22-41-17-15-39-13-14-40-16-18-42-23-27/h4-12,24,27,29-30,34H,13-23H2,1-3H3,(H,32,35)/t29-,30+/m0/s1. The molecule has 0 spiro atoms. The first-order chi connectivity index (χ1) is 21.2. The highest BCUT2D eigenvalue weighted by atomic mass is 32.2. The predicted molar refractivity (Wildman–Crippen MR) is 163 cm³/mol. The lowest BCUT2D eigenvalue weighted by atomic mass is 10.0. The van der Waals surface area contributed by atoms with Crippen molar-refractivity contribution in [3.8, 4) is 5.75 Å². The Hall–Kier alpha value is -2.78. The van der Waals surface area contributed by atoms with Crippen LogP contribution in [0, 0.1) is 5.92 Å². The first-order valence-electron chi connectivity index (χ1n) is 14.8. The van der Waals surface area contributed by atoms with Gasteiger partial charge in [0.05, 0.1) is 77.0 Å². The highest BCUT2D eigenvalue weighted by molar-refractivity contribution is 7.89. The van der Waals surface area contributed by atoms with E-state index in [9.17, 15) is 18.3 Å². The Bertz CT molecular complexity index is 1180. The van der Waals surface area contributed by atoms with Crippen LogP contribution < -0.4 is 10.1 Å². The van der Waals surface area contributed by atoms with E-state index in [0.717, 1.165) is 5.56 Å². The normalized spacial score (nSPS) is 17.6. The van der Waals surface area contributed by atoms with Gasteiger partial charge in [0.1, 0.15) is 5.75 Å². The molecule has 3 rings (SSSR count). The topological polar surface area (TPSA) is 142 Å². The maximum Gasteiger partial charge on any atom is 0.407 e. The number of methoxy groups -OCH3 is 1. The summed E-state index contributed by atoms with van der Waals surface area (Å²) in [5.41, 5.74) is 0.846. The second-order valence-electron chi connectivity index (χ2n) is 10.8. The third-order valence-corrected chi connectivity index (χ3v) is 8.57. The van der Waals surface area contributed by atoms with Crippen LogP contribution in [0.5, 0.6) is 5.75 Å². The number of aliphatic hydroxyl groups excluding tert-OH is 1. The molecule has 2 atom stereocenters. The number of benzene rings is 2. The van der Waals surface area contributed by atoms with Crippen LogP contribution in [0.25, 0.3) is 0 Å². The molecule has 2 N–H and O–H groups in total. The quantitative estimate of drug-likeness (QED) is 0.356. The Balaban J connectivity index is 1.75. The molecule has 0 unspecified atom stereocenters. The van der Waals surface area contributed by atoms with Crippen molar-refractivity contribution >= 4 is 16.1 Å². The minimum absolute atomic E-state index is 0.0260. The van der Waals surface area contributed by atoms with Crippen LogP contribution in [0.15, 0.2) is 59.5 Å². The maximum atomic E-state index is 13.7. The van der Waals surface area contributed by atoms with Crippen LogP contribution >= 0.6 is 0 Å². The zero-order chi connectivity index (χ0) is 31.8. The number of aliphatic hydroxyl groups is 1. The third-order valence-electron chi connectivity index (χ3n) is 6.72. The Morgan fingerprint density at radius 1 is 0.909 bits per heavy atom. The molecule has 1 fully saturated rings. The number of carbonyl (C=O) groups is 1. The lowest BCUT2D eigenvalue weighted by Crippen LogP contribution is -2.51. The fourth-order valence-electron chi connectivity index (χ4n) is 4.50. The number of alkyl carbamates (subject to hydrolysis) is 1. The van der Waals surface area contributed by atoms with Gasteiger partial charge in [0.2, 0.25) is 10.0 Å². The molecule has 44 heavy (non-hydrogen) atoms. The van der Waals surface area contributed by atoms with Gasteiger partial charge in [-0.05, 0) is 42.2 Å². The van der Waals surface area contributed by atoms with Crippen molar-refractivity contribution in [1.29, 1.82) is 0 Å². The molecule has 2 aromatic rings. The summed E-state index contributed by atoms with van der Waals surface area (Å²) in [5, 5.41) is 14.2. The molecular weight excluding hydrogens is 592 g/mol. The molecule has 2 aromatic carbocycles. The van der Waals surface area contributed by atoms with Crippen LogP contribution in [-0.2, 0) is 40.1 Å². The molecule has 13 heteroatoms. The van der Waals surface area contributed by atoms with E-state index in [-0.39, 0.29) is 43.5 Å². The van der Waals surface area contributed by atoms with Crippen molar-refractivity contribution in [3.63, 3.8) is 0 Å². The number of carbonyl (C=O) groups excluding carboxylic acids is 1. The molecule has 1 aliphatic rings. The van der Waals surface area contributed by atoms with Gasteiger partial charge in [-0.3, -0.25) is 0 Å². The minimum Gasteiger partial charge on any atom is -0.497 e. The number of ether oxygens (including phenoxy) is 6. The molecule has 0 radical (unpaired) electrons. The first kappa shape index (κ1) is 35.7. The second kappa shape index (κ2) is 18.9. The van der Waals surface area contributed by atoms with E-state index in [0.29, 0.717) is 45.4 Å². The van der Waals surface area contributed by atoms with Crippen molar-refractivity contribution in [2.45, 2.75) is 43.4 Å². The number of amides is 1. The summed E-state index contributed by atoms with van der Waals surface area (Å²) in [5.74, 6) is 0.501. The average Bonchev–Trinajstić information content (AvgIpc) is 3.03. The van der Waals surface area contributed by atoms with Crippen molar-refractivity contribution < 1.29 is 46.7 Å². The summed E-state index contributed by atoms with van der Waals surface area (Å²) < 4.78 is 61.5. The second-order valence-corrected chi connectivity index (χ2v) is 12.7. The van der Waals surface area contributed by atoms with E-state index in [4.69, 9.17) is 28.4 Å². The van der Waals surface area contributed by atoms with E-state index >= 15 is 0 Å². The summed E-state index contributed by atoms with van der Waals surface area (Å²) in [6.45, 7) is 6.16. The molecule has 0 aromatic heterocycles. The van der Waals surface area contributed by atoms with Crippen LogP contribution in [0.4, 0.5) is 4.79 Å². The highest BCUT2D eigenvalue weighted by Crippen LogP contribution is 2.22. The predicted octanol–water partition coefficient (Wildman–Crippen LogP) is 2.49. The molecule has 12 nitrogen and oxygen atoms in total. The zero-order valence-electron chi connectivity index (χ0n) is 25.8. The lowest BCUT2D eigenvalue weighted by molar-refractivity contribution is -0.0397. The van der Waals surface area contributed by atoms with Gasteiger partial charge in [0.25, 0.3) is 0 Å². The molecular formula is C31H46N2O10S. The highest BCUT2D eigenvalue weighted by Gasteiger charge is 2.32. The van der Waals surface area contributed by atoms with Gasteiger partial charge >= 0.3 is 6.09 Å². The third kappa shape index (κ3) is 12.3. The summed E-state index contributed by atoms with van der Waals surface area (Å²) in [6, 6.07) is 14.5. The lowest BCUT2D eigenvalue weighted by Gasteiger charge is -2.31. The van der Waals surface area contributed by atoms with E-state index < -0.39 is 34.4 Å². The fourth-order valence-corrected chi connectivity index (χ4v) is 6.12. The van der Waals surface area contributed by atoms with Gasteiger partial charge in [-0.1, -0.05) is 44.2 Å². The number of sulfonamides is 1. The summed E-state index contributed by atoms with van der Waals surface area (Å²) in [6.07, 6.45) is -2.54. The van der Waals surface area contributed by atoms with Crippen LogP contribution in [-0.4, -0.2) is 115 Å². The summed E-state index contributed by atoms with van der Waals surface area (Å²) >= 11 is 0. The molecule has 0 saturated carbocycles. The Kier molecular flexibility index (Phi) is 15.3. The van der Waals surface area contributed by atoms with Crippen molar-refractivity contribution in [1.82, 2.24) is 9.62 Å². The number of hydrogen-bond acceptors (Lipinski definition) is 10. The van der Waals surface area contributed by atoms with Gasteiger partial charge in [-0.2, -0.15) is 4.31 Å². The first-order valence-corrected chi connectivity index (χ1v) is 16.3. The number of rotatable bonds is 12. The summed E-state index contributed by atoms with van der Waals surface area (Å²) in [7, 11) is -2.47. The molecule has 0 aliphatic carbocycles. The smallest absolute Gasteiger partial charge is 0.407 e. The Labute approximate surface area is 260 Å². The Morgan fingerprint density at radius 3 is 2.02 bits per heavy atom. The van der Waals surface area contributed by atoms with E-state index in [1.165, 1.54) is 23.5 Å². The number of nitrogens with one attached hydrogen (secondary N) is 1. The minimum atomic E-state index is -3.98. The molecule has 0 bridgehead atoms. The fraction of sp³-hybridized carbons (Fsp3) is 0.581. The molecule has 1 aliphatic heterocycles. The SMILES string of the molecule is COc1ccc(S(=O)(=O)N(CC(C)C)C[C@@H](O)[C@H](Cc2ccccc2)NC(=O)OC2COCCOCCOCCOC2)cc1. The van der Waals surface area contributed by atoms with Crippen LogP contribution in [0.1, 0.15) is 19.4 Å². The Morgan fingerprint density at radius 2 is 1.48 bits per heavy atom. The van der Waals surface area contributed by atoms with Crippen molar-refractivity contribution in [2.24, 2.45) is 5.92 Å². The maximum absolute atomic E-state index is 13.7. The molecule has 1 amide bonds.